The van der Waals surface area contributed by atoms with Crippen LogP contribution in [-0.2, 0) is 9.59 Å². The van der Waals surface area contributed by atoms with E-state index in [1.165, 1.54) is 21.3 Å². The van der Waals surface area contributed by atoms with Crippen molar-refractivity contribution in [2.45, 2.75) is 13.3 Å². The summed E-state index contributed by atoms with van der Waals surface area (Å²) in [5.41, 5.74) is 0.640. The predicted molar refractivity (Wildman–Crippen MR) is 109 cm³/mol. The molecule has 8 nitrogen and oxygen atoms in total. The molecule has 3 rings (SSSR count). The number of nitrogens with one attached hydrogen (secondary N) is 1. The Morgan fingerprint density at radius 2 is 1.83 bits per heavy atom. The number of ether oxygens (including phenoxy) is 3. The van der Waals surface area contributed by atoms with Crippen LogP contribution in [0.3, 0.4) is 0 Å². The number of hydrogen-bond acceptors (Lipinski definition) is 7. The first-order valence-electron chi connectivity index (χ1n) is 9.22. The van der Waals surface area contributed by atoms with Gasteiger partial charge in [-0.15, -0.1) is 0 Å². The van der Waals surface area contributed by atoms with Gasteiger partial charge in [0.1, 0.15) is 0 Å². The first-order valence-corrected chi connectivity index (χ1v) is 10.0. The lowest BCUT2D eigenvalue weighted by Crippen LogP contribution is -2.37. The molecule has 1 aliphatic carbocycles. The highest BCUT2D eigenvalue weighted by Crippen LogP contribution is 2.40. The minimum absolute atomic E-state index is 0.0163. The van der Waals surface area contributed by atoms with Gasteiger partial charge in [-0.25, -0.2) is 0 Å². The van der Waals surface area contributed by atoms with Crippen molar-refractivity contribution in [2.24, 2.45) is 11.8 Å². The zero-order valence-electron chi connectivity index (χ0n) is 16.8. The van der Waals surface area contributed by atoms with Gasteiger partial charge < -0.3 is 19.5 Å². The number of carbonyl (C=O) groups excluding carboxylic acids is 3. The summed E-state index contributed by atoms with van der Waals surface area (Å²) >= 11 is 0.864. The molecule has 9 heteroatoms. The van der Waals surface area contributed by atoms with Crippen LogP contribution in [0.15, 0.2) is 17.0 Å². The molecule has 29 heavy (non-hydrogen) atoms. The molecule has 1 aromatic carbocycles. The summed E-state index contributed by atoms with van der Waals surface area (Å²) in [5.74, 6) is 1.42. The number of imide groups is 1. The molecule has 0 spiro atoms. The lowest BCUT2D eigenvalue weighted by Gasteiger charge is -2.13. The molecule has 1 N–H and O–H groups in total. The van der Waals surface area contributed by atoms with Crippen molar-refractivity contribution in [3.63, 3.8) is 0 Å². The molecule has 1 saturated heterocycles. The number of amides is 3. The maximum atomic E-state index is 12.6. The average Bonchev–Trinajstić information content (AvgIpc) is 3.39. The minimum Gasteiger partial charge on any atom is -0.493 e. The molecule has 1 saturated carbocycles. The standard InChI is InChI=1S/C20H24N2O6S/c1-11-7-13(11)18(23)21-5-6-22-19(24)16(29-20(22)25)10-12-8-14(26-2)17(28-4)15(9-12)27-3/h8-11,13H,5-7H2,1-4H3,(H,21,23)/b16-10+. The molecular weight excluding hydrogens is 396 g/mol. The van der Waals surface area contributed by atoms with Crippen LogP contribution in [0.25, 0.3) is 6.08 Å². The summed E-state index contributed by atoms with van der Waals surface area (Å²) in [4.78, 5) is 38.2. The zero-order chi connectivity index (χ0) is 21.1. The number of carbonyl (C=O) groups is 3. The largest absolute Gasteiger partial charge is 0.493 e. The minimum atomic E-state index is -0.386. The Hall–Kier alpha value is -2.68. The summed E-state index contributed by atoms with van der Waals surface area (Å²) in [6.07, 6.45) is 2.50. The fourth-order valence-electron chi connectivity index (χ4n) is 3.14. The second-order valence-electron chi connectivity index (χ2n) is 6.90. The summed E-state index contributed by atoms with van der Waals surface area (Å²) in [7, 11) is 4.52. The van der Waals surface area contributed by atoms with E-state index in [4.69, 9.17) is 14.2 Å². The maximum Gasteiger partial charge on any atom is 0.293 e. The van der Waals surface area contributed by atoms with Crippen LogP contribution in [-0.4, -0.2) is 56.4 Å². The van der Waals surface area contributed by atoms with Crippen LogP contribution in [0.1, 0.15) is 18.9 Å². The fourth-order valence-corrected chi connectivity index (χ4v) is 4.00. The quantitative estimate of drug-likeness (QED) is 0.646. The molecular formula is C20H24N2O6S. The van der Waals surface area contributed by atoms with E-state index in [1.54, 1.807) is 18.2 Å². The molecule has 156 valence electrons. The summed E-state index contributed by atoms with van der Waals surface area (Å²) in [5, 5.41) is 2.43. The Morgan fingerprint density at radius 3 is 2.34 bits per heavy atom. The molecule has 2 fully saturated rings. The van der Waals surface area contributed by atoms with E-state index in [9.17, 15) is 14.4 Å². The van der Waals surface area contributed by atoms with Gasteiger partial charge in [0.15, 0.2) is 11.5 Å². The second-order valence-corrected chi connectivity index (χ2v) is 7.90. The average molecular weight is 420 g/mol. The highest BCUT2D eigenvalue weighted by atomic mass is 32.2. The molecule has 0 aromatic heterocycles. The molecule has 1 heterocycles. The number of nitrogens with zero attached hydrogens (tertiary/aromatic N) is 1. The van der Waals surface area contributed by atoms with Crippen molar-refractivity contribution in [3.05, 3.63) is 22.6 Å². The third-order valence-corrected chi connectivity index (χ3v) is 5.85. The van der Waals surface area contributed by atoms with E-state index in [0.717, 1.165) is 23.1 Å². The van der Waals surface area contributed by atoms with Crippen molar-refractivity contribution in [3.8, 4) is 17.2 Å². The Kier molecular flexibility index (Phi) is 6.36. The fraction of sp³-hybridized carbons (Fsp3) is 0.450. The Morgan fingerprint density at radius 1 is 1.21 bits per heavy atom. The molecule has 0 bridgehead atoms. The highest BCUT2D eigenvalue weighted by Gasteiger charge is 2.39. The predicted octanol–water partition coefficient (Wildman–Crippen LogP) is 2.52. The molecule has 0 radical (unpaired) electrons. The van der Waals surface area contributed by atoms with Crippen LogP contribution >= 0.6 is 11.8 Å². The topological polar surface area (TPSA) is 94.2 Å². The summed E-state index contributed by atoms with van der Waals surface area (Å²) in [6, 6.07) is 3.40. The summed E-state index contributed by atoms with van der Waals surface area (Å²) < 4.78 is 15.9. The SMILES string of the molecule is COc1cc(/C=C2/SC(=O)N(CCNC(=O)C3CC3C)C2=O)cc(OC)c1OC. The third-order valence-electron chi connectivity index (χ3n) is 4.94. The lowest BCUT2D eigenvalue weighted by atomic mass is 10.1. The van der Waals surface area contributed by atoms with Crippen molar-refractivity contribution in [1.29, 1.82) is 0 Å². The highest BCUT2D eigenvalue weighted by molar-refractivity contribution is 8.18. The lowest BCUT2D eigenvalue weighted by molar-refractivity contribution is -0.125. The number of rotatable bonds is 8. The van der Waals surface area contributed by atoms with E-state index in [2.05, 4.69) is 5.32 Å². The number of hydrogen-bond donors (Lipinski definition) is 1. The molecule has 2 aliphatic rings. The van der Waals surface area contributed by atoms with Gasteiger partial charge in [-0.2, -0.15) is 0 Å². The van der Waals surface area contributed by atoms with Crippen molar-refractivity contribution in [2.75, 3.05) is 34.4 Å². The molecule has 1 aliphatic heterocycles. The van der Waals surface area contributed by atoms with Gasteiger partial charge in [0.25, 0.3) is 11.1 Å². The van der Waals surface area contributed by atoms with Gasteiger partial charge in [-0.1, -0.05) is 6.92 Å². The van der Waals surface area contributed by atoms with Crippen LogP contribution in [0, 0.1) is 11.8 Å². The first kappa shape index (κ1) is 21.0. The van der Waals surface area contributed by atoms with E-state index < -0.39 is 0 Å². The van der Waals surface area contributed by atoms with Gasteiger partial charge in [-0.3, -0.25) is 19.3 Å². The van der Waals surface area contributed by atoms with Crippen LogP contribution < -0.4 is 19.5 Å². The zero-order valence-corrected chi connectivity index (χ0v) is 17.6. The third kappa shape index (κ3) is 4.50. The van der Waals surface area contributed by atoms with Gasteiger partial charge in [0, 0.05) is 19.0 Å². The van der Waals surface area contributed by atoms with E-state index in [1.807, 2.05) is 6.92 Å². The van der Waals surface area contributed by atoms with Crippen molar-refractivity contribution < 1.29 is 28.6 Å². The van der Waals surface area contributed by atoms with Crippen LogP contribution in [0.5, 0.6) is 17.2 Å². The van der Waals surface area contributed by atoms with Crippen LogP contribution in [0.4, 0.5) is 4.79 Å². The van der Waals surface area contributed by atoms with E-state index in [0.29, 0.717) is 33.6 Å². The van der Waals surface area contributed by atoms with Gasteiger partial charge in [0.05, 0.1) is 26.2 Å². The molecule has 2 unspecified atom stereocenters. The normalized spacial score (nSPS) is 22.1. The van der Waals surface area contributed by atoms with Crippen LogP contribution in [0.2, 0.25) is 0 Å². The smallest absolute Gasteiger partial charge is 0.293 e. The molecule has 3 amide bonds. The molecule has 2 atom stereocenters. The van der Waals surface area contributed by atoms with Gasteiger partial charge in [-0.05, 0) is 47.9 Å². The number of methoxy groups -OCH3 is 3. The van der Waals surface area contributed by atoms with Gasteiger partial charge >= 0.3 is 0 Å². The van der Waals surface area contributed by atoms with Gasteiger partial charge in [0.2, 0.25) is 11.7 Å². The Labute approximate surface area is 173 Å². The molecule has 1 aromatic rings. The summed E-state index contributed by atoms with van der Waals surface area (Å²) in [6.45, 7) is 2.41. The van der Waals surface area contributed by atoms with Crippen molar-refractivity contribution in [1.82, 2.24) is 10.2 Å². The number of benzene rings is 1. The van der Waals surface area contributed by atoms with Crippen molar-refractivity contribution >= 4 is 34.9 Å². The second kappa shape index (κ2) is 8.77. The Bertz CT molecular complexity index is 844. The number of thioether (sulfide) groups is 1. The van der Waals surface area contributed by atoms with E-state index >= 15 is 0 Å². The van der Waals surface area contributed by atoms with E-state index in [-0.39, 0.29) is 36.1 Å². The maximum absolute atomic E-state index is 12.6. The monoisotopic (exact) mass is 420 g/mol. The first-order chi connectivity index (χ1) is 13.9. The Balaban J connectivity index is 1.70.